The number of methoxy groups -OCH3 is 1. The molecule has 0 saturated heterocycles. The van der Waals surface area contributed by atoms with Crippen LogP contribution >= 0.6 is 11.6 Å². The fraction of sp³-hybridized carbons (Fsp3) is 0.263. The molecule has 2 aromatic rings. The van der Waals surface area contributed by atoms with E-state index in [-0.39, 0.29) is 18.4 Å². The summed E-state index contributed by atoms with van der Waals surface area (Å²) in [6, 6.07) is 15.0. The molecule has 25 heavy (non-hydrogen) atoms. The van der Waals surface area contributed by atoms with Crippen LogP contribution in [0.1, 0.15) is 11.1 Å². The van der Waals surface area contributed by atoms with E-state index in [1.54, 1.807) is 24.3 Å². The molecule has 0 bridgehead atoms. The Labute approximate surface area is 151 Å². The van der Waals surface area contributed by atoms with Gasteiger partial charge in [0.2, 0.25) is 5.91 Å². The van der Waals surface area contributed by atoms with Crippen LogP contribution in [0.4, 0.5) is 5.69 Å². The van der Waals surface area contributed by atoms with E-state index in [0.29, 0.717) is 18.0 Å². The average molecular weight is 358 g/mol. The summed E-state index contributed by atoms with van der Waals surface area (Å²) in [5.74, 6) is -0.442. The Morgan fingerprint density at radius 1 is 1.32 bits per heavy atom. The van der Waals surface area contributed by atoms with Crippen LogP contribution in [0, 0.1) is 6.07 Å². The Kier molecular flexibility index (Phi) is 5.36. The zero-order chi connectivity index (χ0) is 17.8. The third-order valence-corrected chi connectivity index (χ3v) is 4.39. The highest BCUT2D eigenvalue weighted by molar-refractivity contribution is 6.30. The molecular weight excluding hydrogens is 340 g/mol. The summed E-state index contributed by atoms with van der Waals surface area (Å²) in [5, 5.41) is 3.54. The lowest BCUT2D eigenvalue weighted by Gasteiger charge is -2.24. The lowest BCUT2D eigenvalue weighted by molar-refractivity contribution is -0.127. The van der Waals surface area contributed by atoms with E-state index in [1.165, 1.54) is 12.0 Å². The van der Waals surface area contributed by atoms with Gasteiger partial charge in [-0.05, 0) is 35.4 Å². The first kappa shape index (κ1) is 17.5. The first-order valence-electron chi connectivity index (χ1n) is 7.92. The minimum absolute atomic E-state index is 0.0741. The second-order valence-corrected chi connectivity index (χ2v) is 6.25. The number of amides is 2. The molecule has 1 aliphatic heterocycles. The molecule has 1 N–H and O–H groups in total. The molecule has 2 amide bonds. The van der Waals surface area contributed by atoms with Crippen molar-refractivity contribution < 1.29 is 14.3 Å². The highest BCUT2D eigenvalue weighted by Crippen LogP contribution is 2.32. The van der Waals surface area contributed by atoms with E-state index in [0.717, 1.165) is 16.8 Å². The Hall–Kier alpha value is -2.37. The van der Waals surface area contributed by atoms with Crippen molar-refractivity contribution in [2.75, 3.05) is 18.6 Å². The Morgan fingerprint density at radius 3 is 2.80 bits per heavy atom. The zero-order valence-corrected chi connectivity index (χ0v) is 14.5. The monoisotopic (exact) mass is 357 g/mol. The molecule has 1 unspecified atom stereocenters. The van der Waals surface area contributed by atoms with Crippen LogP contribution in [-0.4, -0.2) is 31.6 Å². The molecule has 0 spiro atoms. The van der Waals surface area contributed by atoms with E-state index in [1.807, 2.05) is 18.2 Å². The molecule has 1 aliphatic rings. The Morgan fingerprint density at radius 2 is 2.08 bits per heavy atom. The summed E-state index contributed by atoms with van der Waals surface area (Å²) >= 11 is 5.87. The SMILES string of the molecule is COCC(=O)N1c2c[c]ccc2CC1C(=O)NCc1ccc(Cl)cc1. The largest absolute Gasteiger partial charge is 0.375 e. The molecule has 6 heteroatoms. The van der Waals surface area contributed by atoms with Crippen molar-refractivity contribution in [3.63, 3.8) is 0 Å². The molecule has 2 aromatic carbocycles. The normalized spacial score (nSPS) is 15.8. The number of hydrogen-bond donors (Lipinski definition) is 1. The number of ether oxygens (including phenoxy) is 1. The molecular formula is C19H18ClN2O3. The van der Waals surface area contributed by atoms with E-state index in [9.17, 15) is 9.59 Å². The molecule has 0 fully saturated rings. The molecule has 0 aromatic heterocycles. The third kappa shape index (κ3) is 3.83. The topological polar surface area (TPSA) is 58.6 Å². The number of fused-ring (bicyclic) bond motifs is 1. The minimum Gasteiger partial charge on any atom is -0.375 e. The summed E-state index contributed by atoms with van der Waals surface area (Å²) < 4.78 is 4.95. The summed E-state index contributed by atoms with van der Waals surface area (Å²) in [4.78, 5) is 26.6. The fourth-order valence-electron chi connectivity index (χ4n) is 2.94. The predicted molar refractivity (Wildman–Crippen MR) is 95.4 cm³/mol. The molecule has 129 valence electrons. The number of benzene rings is 2. The maximum Gasteiger partial charge on any atom is 0.253 e. The van der Waals surface area contributed by atoms with E-state index in [4.69, 9.17) is 16.3 Å². The van der Waals surface area contributed by atoms with Crippen molar-refractivity contribution in [2.45, 2.75) is 19.0 Å². The van der Waals surface area contributed by atoms with Crippen molar-refractivity contribution in [2.24, 2.45) is 0 Å². The summed E-state index contributed by atoms with van der Waals surface area (Å²) in [6.45, 7) is 0.302. The van der Waals surface area contributed by atoms with Crippen LogP contribution < -0.4 is 10.2 Å². The first-order valence-corrected chi connectivity index (χ1v) is 8.30. The maximum atomic E-state index is 12.7. The number of carbonyl (C=O) groups is 2. The van der Waals surface area contributed by atoms with Gasteiger partial charge in [-0.1, -0.05) is 35.9 Å². The van der Waals surface area contributed by atoms with Crippen molar-refractivity contribution in [3.05, 3.63) is 64.7 Å². The lowest BCUT2D eigenvalue weighted by Crippen LogP contribution is -2.49. The number of nitrogens with one attached hydrogen (secondary N) is 1. The van der Waals surface area contributed by atoms with Crippen LogP contribution in [0.3, 0.4) is 0 Å². The molecule has 1 atom stereocenters. The second kappa shape index (κ2) is 7.68. The highest BCUT2D eigenvalue weighted by Gasteiger charge is 2.37. The highest BCUT2D eigenvalue weighted by atomic mass is 35.5. The summed E-state index contributed by atoms with van der Waals surface area (Å²) in [5.41, 5.74) is 2.61. The van der Waals surface area contributed by atoms with Gasteiger partial charge in [-0.15, -0.1) is 0 Å². The van der Waals surface area contributed by atoms with Crippen molar-refractivity contribution in [1.82, 2.24) is 5.32 Å². The number of carbonyl (C=O) groups excluding carboxylic acids is 2. The van der Waals surface area contributed by atoms with Crippen LogP contribution in [-0.2, 0) is 27.3 Å². The number of hydrogen-bond acceptors (Lipinski definition) is 3. The van der Waals surface area contributed by atoms with Gasteiger partial charge in [0.1, 0.15) is 12.6 Å². The summed E-state index contributed by atoms with van der Waals surface area (Å²) in [7, 11) is 1.46. The number of halogens is 1. The standard InChI is InChI=1S/C19H18ClN2O3/c1-25-12-18(23)22-16-5-3-2-4-14(16)10-17(22)19(24)21-11-13-6-8-15(20)9-7-13/h2,4-9,17H,10-12H2,1H3,(H,21,24). The summed E-state index contributed by atoms with van der Waals surface area (Å²) in [6.07, 6.45) is 0.478. The predicted octanol–water partition coefficient (Wildman–Crippen LogP) is 2.36. The van der Waals surface area contributed by atoms with Crippen LogP contribution in [0.25, 0.3) is 0 Å². The number of anilines is 1. The fourth-order valence-corrected chi connectivity index (χ4v) is 3.06. The van der Waals surface area contributed by atoms with E-state index in [2.05, 4.69) is 11.4 Å². The van der Waals surface area contributed by atoms with Gasteiger partial charge in [0.15, 0.2) is 0 Å². The van der Waals surface area contributed by atoms with Crippen molar-refractivity contribution >= 4 is 29.1 Å². The van der Waals surface area contributed by atoms with Gasteiger partial charge in [0.25, 0.3) is 5.91 Å². The zero-order valence-electron chi connectivity index (χ0n) is 13.8. The van der Waals surface area contributed by atoms with Gasteiger partial charge < -0.3 is 10.1 Å². The Balaban J connectivity index is 1.74. The lowest BCUT2D eigenvalue weighted by atomic mass is 10.1. The van der Waals surface area contributed by atoms with Gasteiger partial charge >= 0.3 is 0 Å². The maximum absolute atomic E-state index is 12.7. The van der Waals surface area contributed by atoms with Crippen LogP contribution in [0.2, 0.25) is 5.02 Å². The first-order chi connectivity index (χ1) is 12.1. The van der Waals surface area contributed by atoms with Crippen molar-refractivity contribution in [3.8, 4) is 0 Å². The van der Waals surface area contributed by atoms with Gasteiger partial charge in [-0.2, -0.15) is 0 Å². The Bertz CT molecular complexity index is 776. The molecule has 0 aliphatic carbocycles. The third-order valence-electron chi connectivity index (χ3n) is 4.13. The van der Waals surface area contributed by atoms with E-state index >= 15 is 0 Å². The molecule has 0 saturated carbocycles. The molecule has 1 heterocycles. The smallest absolute Gasteiger partial charge is 0.253 e. The average Bonchev–Trinajstić information content (AvgIpc) is 3.01. The molecule has 1 radical (unpaired) electrons. The van der Waals surface area contributed by atoms with Crippen LogP contribution in [0.15, 0.2) is 42.5 Å². The van der Waals surface area contributed by atoms with Gasteiger partial charge in [-0.25, -0.2) is 0 Å². The second-order valence-electron chi connectivity index (χ2n) is 5.82. The van der Waals surface area contributed by atoms with Gasteiger partial charge in [0, 0.05) is 30.8 Å². The van der Waals surface area contributed by atoms with Crippen molar-refractivity contribution in [1.29, 1.82) is 0 Å². The minimum atomic E-state index is -0.583. The molecule has 5 nitrogen and oxygen atoms in total. The van der Waals surface area contributed by atoms with E-state index < -0.39 is 6.04 Å². The van der Waals surface area contributed by atoms with Gasteiger partial charge in [0.05, 0.1) is 0 Å². The quantitative estimate of drug-likeness (QED) is 0.893. The number of nitrogens with zero attached hydrogens (tertiary/aromatic N) is 1. The molecule has 3 rings (SSSR count). The van der Waals surface area contributed by atoms with Gasteiger partial charge in [-0.3, -0.25) is 14.5 Å². The number of rotatable bonds is 5. The van der Waals surface area contributed by atoms with Crippen LogP contribution in [0.5, 0.6) is 0 Å².